The Labute approximate surface area is 178 Å². The molecule has 2 aromatic carbocycles. The van der Waals surface area contributed by atoms with Gasteiger partial charge < -0.3 is 13.9 Å². The molecule has 0 bridgehead atoms. The Morgan fingerprint density at radius 2 is 1.77 bits per heavy atom. The molecular formula is C20H20FN3O6S. The Bertz CT molecular complexity index is 1160. The van der Waals surface area contributed by atoms with E-state index in [9.17, 15) is 17.6 Å². The molecule has 0 aliphatic heterocycles. The Kier molecular flexibility index (Phi) is 6.66. The predicted octanol–water partition coefficient (Wildman–Crippen LogP) is 2.86. The van der Waals surface area contributed by atoms with Crippen LogP contribution in [0.3, 0.4) is 0 Å². The molecule has 31 heavy (non-hydrogen) atoms. The lowest BCUT2D eigenvalue weighted by atomic mass is 10.2. The number of aromatic nitrogens is 2. The zero-order valence-corrected chi connectivity index (χ0v) is 17.7. The van der Waals surface area contributed by atoms with Crippen molar-refractivity contribution >= 4 is 16.0 Å². The Balaban J connectivity index is 1.65. The van der Waals surface area contributed by atoms with Crippen LogP contribution in [0.1, 0.15) is 25.8 Å². The van der Waals surface area contributed by atoms with Crippen molar-refractivity contribution in [3.05, 3.63) is 60.2 Å². The average molecular weight is 449 g/mol. The van der Waals surface area contributed by atoms with Crippen LogP contribution in [0.15, 0.2) is 57.8 Å². The molecule has 0 spiro atoms. The largest absolute Gasteiger partial charge is 0.497 e. The third-order valence-corrected chi connectivity index (χ3v) is 5.80. The second kappa shape index (κ2) is 9.23. The summed E-state index contributed by atoms with van der Waals surface area (Å²) in [5.41, 5.74) is 0.643. The maximum absolute atomic E-state index is 13.8. The van der Waals surface area contributed by atoms with E-state index in [4.69, 9.17) is 13.9 Å². The van der Waals surface area contributed by atoms with E-state index in [1.165, 1.54) is 26.0 Å². The maximum atomic E-state index is 13.8. The minimum absolute atomic E-state index is 0.0309. The molecule has 1 heterocycles. The summed E-state index contributed by atoms with van der Waals surface area (Å²) in [5, 5.41) is 7.79. The van der Waals surface area contributed by atoms with Crippen LogP contribution >= 0.6 is 0 Å². The fourth-order valence-corrected chi connectivity index (χ4v) is 3.85. The van der Waals surface area contributed by atoms with Gasteiger partial charge in [0.15, 0.2) is 6.10 Å². The van der Waals surface area contributed by atoms with Crippen LogP contribution in [0.2, 0.25) is 0 Å². The molecule has 1 N–H and O–H groups in total. The molecule has 0 saturated carbocycles. The van der Waals surface area contributed by atoms with Crippen molar-refractivity contribution in [2.75, 3.05) is 7.11 Å². The quantitative estimate of drug-likeness (QED) is 0.521. The van der Waals surface area contributed by atoms with Gasteiger partial charge in [0.25, 0.3) is 5.89 Å². The van der Waals surface area contributed by atoms with Gasteiger partial charge in [-0.1, -0.05) is 12.1 Å². The van der Waals surface area contributed by atoms with Crippen molar-refractivity contribution in [1.29, 1.82) is 0 Å². The number of carbonyl (C=O) groups is 1. The summed E-state index contributed by atoms with van der Waals surface area (Å²) in [6.07, 6.45) is -0.938. The van der Waals surface area contributed by atoms with Gasteiger partial charge in [-0.3, -0.25) is 4.79 Å². The normalized spacial score (nSPS) is 13.4. The van der Waals surface area contributed by atoms with E-state index in [2.05, 4.69) is 14.9 Å². The summed E-state index contributed by atoms with van der Waals surface area (Å²) in [4.78, 5) is 11.8. The molecule has 0 radical (unpaired) electrons. The minimum Gasteiger partial charge on any atom is -0.497 e. The Morgan fingerprint density at radius 3 is 2.42 bits per heavy atom. The van der Waals surface area contributed by atoms with Crippen molar-refractivity contribution in [3.8, 4) is 17.2 Å². The molecule has 0 amide bonds. The lowest BCUT2D eigenvalue weighted by Crippen LogP contribution is -2.40. The molecule has 164 valence electrons. The smallest absolute Gasteiger partial charge is 0.324 e. The van der Waals surface area contributed by atoms with E-state index in [-0.39, 0.29) is 11.8 Å². The van der Waals surface area contributed by atoms with Gasteiger partial charge >= 0.3 is 5.97 Å². The standard InChI is InChI=1S/C20H20FN3O6S/c1-12(24-31(26,27)17-7-5-4-6-16(17)21)20(25)29-13(2)18-22-23-19(30-18)14-8-10-15(28-3)11-9-14/h4-13,24H,1-3H3. The molecule has 0 aliphatic carbocycles. The molecule has 3 aromatic rings. The molecule has 0 saturated heterocycles. The maximum Gasteiger partial charge on any atom is 0.324 e. The first-order valence-corrected chi connectivity index (χ1v) is 10.6. The number of halogens is 1. The number of ether oxygens (including phenoxy) is 2. The highest BCUT2D eigenvalue weighted by Gasteiger charge is 2.28. The van der Waals surface area contributed by atoms with Gasteiger partial charge in [0.05, 0.1) is 7.11 Å². The fraction of sp³-hybridized carbons (Fsp3) is 0.250. The molecule has 1 aromatic heterocycles. The van der Waals surface area contributed by atoms with E-state index in [0.717, 1.165) is 12.1 Å². The van der Waals surface area contributed by atoms with Crippen LogP contribution in [0.25, 0.3) is 11.5 Å². The zero-order valence-electron chi connectivity index (χ0n) is 16.9. The molecule has 3 rings (SSSR count). The number of carbonyl (C=O) groups excluding carboxylic acids is 1. The number of hydrogen-bond donors (Lipinski definition) is 1. The van der Waals surface area contributed by atoms with Crippen LogP contribution < -0.4 is 9.46 Å². The lowest BCUT2D eigenvalue weighted by Gasteiger charge is -2.16. The summed E-state index contributed by atoms with van der Waals surface area (Å²) in [6, 6.07) is 10.5. The first-order chi connectivity index (χ1) is 14.7. The second-order valence-corrected chi connectivity index (χ2v) is 8.21. The number of benzene rings is 2. The first-order valence-electron chi connectivity index (χ1n) is 9.16. The van der Waals surface area contributed by atoms with Crippen molar-refractivity contribution in [3.63, 3.8) is 0 Å². The topological polar surface area (TPSA) is 121 Å². The summed E-state index contributed by atoms with van der Waals surface area (Å²) in [7, 11) is -2.71. The van der Waals surface area contributed by atoms with Gasteiger partial charge in [0, 0.05) is 5.56 Å². The first kappa shape index (κ1) is 22.4. The third-order valence-electron chi connectivity index (χ3n) is 4.23. The number of nitrogens with zero attached hydrogens (tertiary/aromatic N) is 2. The summed E-state index contributed by atoms with van der Waals surface area (Å²) in [5.74, 6) is -0.910. The van der Waals surface area contributed by atoms with Gasteiger partial charge in [-0.15, -0.1) is 10.2 Å². The van der Waals surface area contributed by atoms with Gasteiger partial charge in [0.2, 0.25) is 15.9 Å². The monoisotopic (exact) mass is 449 g/mol. The Hall–Kier alpha value is -3.31. The molecule has 2 unspecified atom stereocenters. The molecule has 11 heteroatoms. The number of hydrogen-bond acceptors (Lipinski definition) is 8. The molecule has 0 fully saturated rings. The molecule has 0 aliphatic rings. The van der Waals surface area contributed by atoms with Crippen LogP contribution in [0.5, 0.6) is 5.75 Å². The minimum atomic E-state index is -4.26. The number of nitrogens with one attached hydrogen (secondary N) is 1. The second-order valence-electron chi connectivity index (χ2n) is 6.53. The van der Waals surface area contributed by atoms with Crippen molar-refractivity contribution in [2.45, 2.75) is 30.9 Å². The molecule has 9 nitrogen and oxygen atoms in total. The SMILES string of the molecule is COc1ccc(-c2nnc(C(C)OC(=O)C(C)NS(=O)(=O)c3ccccc3F)o2)cc1. The van der Waals surface area contributed by atoms with Gasteiger partial charge in [-0.05, 0) is 50.2 Å². The van der Waals surface area contributed by atoms with Crippen molar-refractivity contribution in [2.24, 2.45) is 0 Å². The summed E-state index contributed by atoms with van der Waals surface area (Å²) >= 11 is 0. The number of methoxy groups -OCH3 is 1. The number of rotatable bonds is 8. The highest BCUT2D eigenvalue weighted by atomic mass is 32.2. The van der Waals surface area contributed by atoms with Crippen molar-refractivity contribution < 1.29 is 31.5 Å². The van der Waals surface area contributed by atoms with Gasteiger partial charge in [0.1, 0.15) is 22.5 Å². The van der Waals surface area contributed by atoms with Crippen molar-refractivity contribution in [1.82, 2.24) is 14.9 Å². The van der Waals surface area contributed by atoms with E-state index < -0.39 is 38.9 Å². The van der Waals surface area contributed by atoms with E-state index in [0.29, 0.717) is 11.3 Å². The van der Waals surface area contributed by atoms with Gasteiger partial charge in [-0.25, -0.2) is 12.8 Å². The third kappa shape index (κ3) is 5.25. The molecular weight excluding hydrogens is 429 g/mol. The van der Waals surface area contributed by atoms with E-state index in [1.807, 2.05) is 0 Å². The highest BCUT2D eigenvalue weighted by Crippen LogP contribution is 2.24. The highest BCUT2D eigenvalue weighted by molar-refractivity contribution is 7.89. The fourth-order valence-electron chi connectivity index (χ4n) is 2.58. The van der Waals surface area contributed by atoms with E-state index in [1.54, 1.807) is 31.4 Å². The lowest BCUT2D eigenvalue weighted by molar-refractivity contribution is -0.151. The molecule has 2 atom stereocenters. The predicted molar refractivity (Wildman–Crippen MR) is 107 cm³/mol. The van der Waals surface area contributed by atoms with Crippen LogP contribution in [-0.4, -0.2) is 37.7 Å². The van der Waals surface area contributed by atoms with Crippen LogP contribution in [0, 0.1) is 5.82 Å². The average Bonchev–Trinajstić information content (AvgIpc) is 3.24. The number of sulfonamides is 1. The zero-order chi connectivity index (χ0) is 22.6. The van der Waals surface area contributed by atoms with E-state index >= 15 is 0 Å². The summed E-state index contributed by atoms with van der Waals surface area (Å²) in [6.45, 7) is 2.78. The number of esters is 1. The Morgan fingerprint density at radius 1 is 1.10 bits per heavy atom. The summed E-state index contributed by atoms with van der Waals surface area (Å²) < 4.78 is 56.4. The van der Waals surface area contributed by atoms with Crippen LogP contribution in [0.4, 0.5) is 4.39 Å². The van der Waals surface area contributed by atoms with Gasteiger partial charge in [-0.2, -0.15) is 4.72 Å². The van der Waals surface area contributed by atoms with Crippen LogP contribution in [-0.2, 0) is 19.6 Å².